The van der Waals surface area contributed by atoms with Crippen molar-refractivity contribution in [3.63, 3.8) is 0 Å². The fourth-order valence-electron chi connectivity index (χ4n) is 1.56. The van der Waals surface area contributed by atoms with Gasteiger partial charge in [-0.1, -0.05) is 28.1 Å². The van der Waals surface area contributed by atoms with Gasteiger partial charge in [-0.3, -0.25) is 4.72 Å². The fourth-order valence-corrected chi connectivity index (χ4v) is 3.08. The first-order valence-electron chi connectivity index (χ1n) is 5.55. The molecule has 7 heteroatoms. The number of nitrogens with one attached hydrogen (secondary N) is 1. The Balaban J connectivity index is 2.32. The van der Waals surface area contributed by atoms with E-state index >= 15 is 0 Å². The van der Waals surface area contributed by atoms with Gasteiger partial charge in [0.2, 0.25) is 0 Å². The quantitative estimate of drug-likeness (QED) is 0.844. The third-order valence-electron chi connectivity index (χ3n) is 2.54. The predicted molar refractivity (Wildman–Crippen MR) is 76.2 cm³/mol. The van der Waals surface area contributed by atoms with Crippen LogP contribution in [-0.2, 0) is 15.4 Å². The Morgan fingerprint density at radius 1 is 1.05 bits per heavy atom. The lowest BCUT2D eigenvalue weighted by Gasteiger charge is -2.09. The summed E-state index contributed by atoms with van der Waals surface area (Å²) in [6, 6.07) is 8.81. The summed E-state index contributed by atoms with van der Waals surface area (Å²) in [5, 5.41) is 0.637. The standard InChI is InChI=1S/C13H10BrF2NO2S/c14-8-9-1-4-11(5-2-9)17-20(18,19)13-7-10(15)3-6-12(13)16/h1-7,17H,8H2. The highest BCUT2D eigenvalue weighted by Crippen LogP contribution is 2.20. The summed E-state index contributed by atoms with van der Waals surface area (Å²) < 4.78 is 52.8. The van der Waals surface area contributed by atoms with Crippen molar-refractivity contribution in [1.82, 2.24) is 0 Å². The van der Waals surface area contributed by atoms with Crippen LogP contribution in [0.25, 0.3) is 0 Å². The van der Waals surface area contributed by atoms with Crippen LogP contribution >= 0.6 is 15.9 Å². The molecule has 0 atom stereocenters. The van der Waals surface area contributed by atoms with Crippen molar-refractivity contribution in [2.24, 2.45) is 0 Å². The highest BCUT2D eigenvalue weighted by Gasteiger charge is 2.20. The van der Waals surface area contributed by atoms with E-state index in [2.05, 4.69) is 20.7 Å². The summed E-state index contributed by atoms with van der Waals surface area (Å²) in [5.41, 5.74) is 1.24. The number of halogens is 3. The van der Waals surface area contributed by atoms with Gasteiger partial charge in [-0.2, -0.15) is 0 Å². The van der Waals surface area contributed by atoms with Crippen LogP contribution in [0, 0.1) is 11.6 Å². The zero-order valence-electron chi connectivity index (χ0n) is 10.1. The van der Waals surface area contributed by atoms with Gasteiger partial charge >= 0.3 is 0 Å². The molecule has 0 unspecified atom stereocenters. The van der Waals surface area contributed by atoms with Crippen molar-refractivity contribution >= 4 is 31.6 Å². The summed E-state index contributed by atoms with van der Waals surface area (Å²) in [5.74, 6) is -1.82. The van der Waals surface area contributed by atoms with Crippen LogP contribution in [0.1, 0.15) is 5.56 Å². The third kappa shape index (κ3) is 3.34. The highest BCUT2D eigenvalue weighted by molar-refractivity contribution is 9.08. The zero-order chi connectivity index (χ0) is 14.8. The summed E-state index contributed by atoms with van der Waals surface area (Å²) in [7, 11) is -4.16. The SMILES string of the molecule is O=S(=O)(Nc1ccc(CBr)cc1)c1cc(F)ccc1F. The van der Waals surface area contributed by atoms with E-state index in [1.165, 1.54) is 0 Å². The second kappa shape index (κ2) is 5.88. The Morgan fingerprint density at radius 3 is 2.30 bits per heavy atom. The van der Waals surface area contributed by atoms with Gasteiger partial charge in [0.1, 0.15) is 16.5 Å². The number of alkyl halides is 1. The third-order valence-corrected chi connectivity index (χ3v) is 4.59. The molecule has 0 saturated heterocycles. The van der Waals surface area contributed by atoms with E-state index in [1.54, 1.807) is 24.3 Å². The maximum absolute atomic E-state index is 13.5. The lowest BCUT2D eigenvalue weighted by Crippen LogP contribution is -2.14. The molecule has 2 rings (SSSR count). The molecular formula is C13H10BrF2NO2S. The Bertz CT molecular complexity index is 718. The second-order valence-corrected chi connectivity index (χ2v) is 6.22. The molecule has 0 fully saturated rings. The van der Waals surface area contributed by atoms with Gasteiger partial charge in [-0.05, 0) is 35.9 Å². The summed E-state index contributed by atoms with van der Waals surface area (Å²) in [4.78, 5) is -0.720. The van der Waals surface area contributed by atoms with Crippen LogP contribution in [0.3, 0.4) is 0 Å². The van der Waals surface area contributed by atoms with Crippen molar-refractivity contribution in [3.8, 4) is 0 Å². The summed E-state index contributed by atoms with van der Waals surface area (Å²) in [6.07, 6.45) is 0. The number of benzene rings is 2. The smallest absolute Gasteiger partial charge is 0.264 e. The van der Waals surface area contributed by atoms with Gasteiger partial charge < -0.3 is 0 Å². The highest BCUT2D eigenvalue weighted by atomic mass is 79.9. The number of rotatable bonds is 4. The number of hydrogen-bond donors (Lipinski definition) is 1. The fraction of sp³-hybridized carbons (Fsp3) is 0.0769. The normalized spacial score (nSPS) is 11.3. The topological polar surface area (TPSA) is 46.2 Å². The number of anilines is 1. The molecule has 0 aliphatic carbocycles. The van der Waals surface area contributed by atoms with E-state index in [0.717, 1.165) is 17.7 Å². The molecule has 0 radical (unpaired) electrons. The van der Waals surface area contributed by atoms with Gasteiger partial charge in [0.05, 0.1) is 0 Å². The van der Waals surface area contributed by atoms with Crippen LogP contribution in [0.2, 0.25) is 0 Å². The largest absolute Gasteiger partial charge is 0.280 e. The molecule has 0 saturated carbocycles. The molecule has 2 aromatic rings. The van der Waals surface area contributed by atoms with Gasteiger partial charge in [-0.25, -0.2) is 17.2 Å². The average Bonchev–Trinajstić information content (AvgIpc) is 2.42. The van der Waals surface area contributed by atoms with E-state index in [9.17, 15) is 17.2 Å². The van der Waals surface area contributed by atoms with Gasteiger partial charge in [0.25, 0.3) is 10.0 Å². The van der Waals surface area contributed by atoms with Crippen molar-refractivity contribution in [2.45, 2.75) is 10.2 Å². The maximum atomic E-state index is 13.5. The number of hydrogen-bond acceptors (Lipinski definition) is 2. The summed E-state index contributed by atoms with van der Waals surface area (Å²) >= 11 is 3.27. The molecule has 1 N–H and O–H groups in total. The predicted octanol–water partition coefficient (Wildman–Crippen LogP) is 3.66. The molecule has 20 heavy (non-hydrogen) atoms. The number of sulfonamides is 1. The molecule has 0 aliphatic rings. The van der Waals surface area contributed by atoms with E-state index < -0.39 is 26.6 Å². The average molecular weight is 362 g/mol. The zero-order valence-corrected chi connectivity index (χ0v) is 12.5. The second-order valence-electron chi connectivity index (χ2n) is 4.01. The van der Waals surface area contributed by atoms with Gasteiger partial charge in [-0.15, -0.1) is 0 Å². The van der Waals surface area contributed by atoms with Crippen LogP contribution in [0.15, 0.2) is 47.4 Å². The minimum atomic E-state index is -4.16. The lowest BCUT2D eigenvalue weighted by atomic mass is 10.2. The Morgan fingerprint density at radius 2 is 1.70 bits per heavy atom. The molecule has 0 aromatic heterocycles. The van der Waals surface area contributed by atoms with Crippen molar-refractivity contribution in [1.29, 1.82) is 0 Å². The molecule has 2 aromatic carbocycles. The van der Waals surface area contributed by atoms with E-state index in [-0.39, 0.29) is 5.69 Å². The molecule has 0 aliphatic heterocycles. The van der Waals surface area contributed by atoms with Crippen LogP contribution in [0.4, 0.5) is 14.5 Å². The van der Waals surface area contributed by atoms with Gasteiger partial charge in [0.15, 0.2) is 0 Å². The molecule has 0 bridgehead atoms. The molecular weight excluding hydrogens is 352 g/mol. The lowest BCUT2D eigenvalue weighted by molar-refractivity contribution is 0.555. The van der Waals surface area contributed by atoms with E-state index in [0.29, 0.717) is 11.4 Å². The van der Waals surface area contributed by atoms with E-state index in [4.69, 9.17) is 0 Å². The van der Waals surface area contributed by atoms with Crippen molar-refractivity contribution in [3.05, 3.63) is 59.7 Å². The molecule has 0 amide bonds. The Hall–Kier alpha value is -1.47. The van der Waals surface area contributed by atoms with Crippen molar-refractivity contribution in [2.75, 3.05) is 4.72 Å². The molecule has 0 heterocycles. The monoisotopic (exact) mass is 361 g/mol. The first kappa shape index (κ1) is 14.9. The Kier molecular flexibility index (Phi) is 4.39. The minimum absolute atomic E-state index is 0.276. The first-order valence-corrected chi connectivity index (χ1v) is 8.15. The van der Waals surface area contributed by atoms with Gasteiger partial charge in [0, 0.05) is 11.0 Å². The van der Waals surface area contributed by atoms with Crippen LogP contribution < -0.4 is 4.72 Å². The first-order chi connectivity index (χ1) is 9.42. The molecule has 3 nitrogen and oxygen atoms in total. The van der Waals surface area contributed by atoms with Crippen LogP contribution in [0.5, 0.6) is 0 Å². The van der Waals surface area contributed by atoms with Crippen LogP contribution in [-0.4, -0.2) is 8.42 Å². The summed E-state index contributed by atoms with van der Waals surface area (Å²) in [6.45, 7) is 0. The van der Waals surface area contributed by atoms with E-state index in [1.807, 2.05) is 0 Å². The molecule has 106 valence electrons. The van der Waals surface area contributed by atoms with Crippen molar-refractivity contribution < 1.29 is 17.2 Å². The maximum Gasteiger partial charge on any atom is 0.264 e. The minimum Gasteiger partial charge on any atom is -0.280 e. The Labute approximate surface area is 123 Å². The molecule has 0 spiro atoms.